The molecule has 0 amide bonds. The van der Waals surface area contributed by atoms with Crippen LogP contribution in [-0.4, -0.2) is 36.3 Å². The molecule has 3 rings (SSSR count). The summed E-state index contributed by atoms with van der Waals surface area (Å²) in [5.41, 5.74) is 2.47. The smallest absolute Gasteiger partial charge is 0.294 e. The second-order valence-corrected chi connectivity index (χ2v) is 7.58. The molecule has 0 radical (unpaired) electrons. The third kappa shape index (κ3) is 4.28. The molecule has 28 heavy (non-hydrogen) atoms. The third-order valence-electron chi connectivity index (χ3n) is 4.07. The normalized spacial score (nSPS) is 12.0. The van der Waals surface area contributed by atoms with Crippen molar-refractivity contribution in [1.82, 2.24) is 0 Å². The molecule has 0 heterocycles. The minimum Gasteiger partial charge on any atom is -0.507 e. The molecule has 0 atom stereocenters. The van der Waals surface area contributed by atoms with Crippen LogP contribution in [0, 0.1) is 6.92 Å². The van der Waals surface area contributed by atoms with Gasteiger partial charge in [0.1, 0.15) is 11.4 Å². The first-order chi connectivity index (χ1) is 13.3. The summed E-state index contributed by atoms with van der Waals surface area (Å²) in [6, 6.07) is 12.8. The molecule has 0 bridgehead atoms. The molecule has 4 N–H and O–H groups in total. The summed E-state index contributed by atoms with van der Waals surface area (Å²) in [4.78, 5) is -0.421. The molecule has 3 aromatic carbocycles. The number of nitrogens with one attached hydrogen (secondary N) is 1. The Morgan fingerprint density at radius 1 is 1.04 bits per heavy atom. The Balaban J connectivity index is 2.19. The van der Waals surface area contributed by atoms with Crippen LogP contribution in [0.1, 0.15) is 5.56 Å². The number of hydrogen-bond donors (Lipinski definition) is 4. The topological polar surface area (TPSA) is 132 Å². The van der Waals surface area contributed by atoms with E-state index in [1.165, 1.54) is 6.07 Å². The number of anilines is 1. The second-order valence-electron chi connectivity index (χ2n) is 6.16. The maximum Gasteiger partial charge on any atom is 0.294 e. The highest BCUT2D eigenvalue weighted by Crippen LogP contribution is 2.41. The van der Waals surface area contributed by atoms with E-state index in [0.717, 1.165) is 11.6 Å². The van der Waals surface area contributed by atoms with Crippen molar-refractivity contribution in [3.63, 3.8) is 0 Å². The number of aryl methyl sites for hydroxylation is 1. The fraction of sp³-hybridized carbons (Fsp3) is 0.158. The molecular weight excluding hydrogens is 382 g/mol. The summed E-state index contributed by atoms with van der Waals surface area (Å²) in [5, 5.41) is 31.6. The van der Waals surface area contributed by atoms with Crippen molar-refractivity contribution < 1.29 is 23.2 Å². The first-order valence-electron chi connectivity index (χ1n) is 8.40. The van der Waals surface area contributed by atoms with Crippen molar-refractivity contribution >= 4 is 38.0 Å². The van der Waals surface area contributed by atoms with Gasteiger partial charge in [-0.05, 0) is 36.6 Å². The van der Waals surface area contributed by atoms with Crippen LogP contribution in [0.25, 0.3) is 10.8 Å². The van der Waals surface area contributed by atoms with Crippen LogP contribution in [0.2, 0.25) is 0 Å². The molecule has 8 nitrogen and oxygen atoms in total. The molecule has 0 spiro atoms. The summed E-state index contributed by atoms with van der Waals surface area (Å²) in [6.45, 7) is 2.09. The third-order valence-corrected chi connectivity index (χ3v) is 4.90. The molecule has 0 aliphatic rings. The fourth-order valence-electron chi connectivity index (χ4n) is 2.70. The van der Waals surface area contributed by atoms with E-state index in [1.807, 2.05) is 19.1 Å². The van der Waals surface area contributed by atoms with Gasteiger partial charge in [0.05, 0.1) is 28.3 Å². The number of aromatic hydroxyl groups is 1. The molecule has 0 aliphatic heterocycles. The van der Waals surface area contributed by atoms with Crippen LogP contribution in [0.5, 0.6) is 5.75 Å². The van der Waals surface area contributed by atoms with E-state index >= 15 is 0 Å². The predicted molar refractivity (Wildman–Crippen MR) is 106 cm³/mol. The number of aliphatic hydroxyl groups excluding tert-OH is 1. The Bertz CT molecular complexity index is 1140. The van der Waals surface area contributed by atoms with Gasteiger partial charge in [-0.15, -0.1) is 5.11 Å². The van der Waals surface area contributed by atoms with Crippen LogP contribution in [0.4, 0.5) is 17.1 Å². The van der Waals surface area contributed by atoms with Crippen LogP contribution in [-0.2, 0) is 10.1 Å². The lowest BCUT2D eigenvalue weighted by molar-refractivity contribution is 0.311. The van der Waals surface area contributed by atoms with E-state index in [-0.39, 0.29) is 30.0 Å². The van der Waals surface area contributed by atoms with Gasteiger partial charge in [-0.3, -0.25) is 4.55 Å². The highest BCUT2D eigenvalue weighted by Gasteiger charge is 2.17. The Hall–Kier alpha value is -3.01. The van der Waals surface area contributed by atoms with Gasteiger partial charge in [0.15, 0.2) is 0 Å². The van der Waals surface area contributed by atoms with Gasteiger partial charge in [-0.25, -0.2) is 0 Å². The quantitative estimate of drug-likeness (QED) is 0.366. The van der Waals surface area contributed by atoms with Crippen molar-refractivity contribution in [2.24, 2.45) is 10.2 Å². The zero-order valence-corrected chi connectivity index (χ0v) is 15.8. The average molecular weight is 401 g/mol. The van der Waals surface area contributed by atoms with E-state index in [2.05, 4.69) is 15.5 Å². The highest BCUT2D eigenvalue weighted by atomic mass is 32.2. The number of phenols is 1. The number of aliphatic hydroxyl groups is 1. The van der Waals surface area contributed by atoms with Crippen LogP contribution in [0.15, 0.2) is 63.7 Å². The number of rotatable bonds is 6. The molecule has 0 aromatic heterocycles. The van der Waals surface area contributed by atoms with Crippen LogP contribution in [0.3, 0.4) is 0 Å². The van der Waals surface area contributed by atoms with E-state index in [1.54, 1.807) is 24.3 Å². The van der Waals surface area contributed by atoms with E-state index in [0.29, 0.717) is 16.8 Å². The number of benzene rings is 3. The Morgan fingerprint density at radius 2 is 1.75 bits per heavy atom. The van der Waals surface area contributed by atoms with Crippen molar-refractivity contribution in [2.45, 2.75) is 11.8 Å². The van der Waals surface area contributed by atoms with Gasteiger partial charge in [0.2, 0.25) is 0 Å². The highest BCUT2D eigenvalue weighted by molar-refractivity contribution is 7.85. The Labute approximate surface area is 161 Å². The predicted octanol–water partition coefficient (Wildman–Crippen LogP) is 3.92. The summed E-state index contributed by atoms with van der Waals surface area (Å²) in [5.74, 6) is -0.365. The molecule has 9 heteroatoms. The minimum atomic E-state index is -4.48. The summed E-state index contributed by atoms with van der Waals surface area (Å²) in [7, 11) is -4.48. The van der Waals surface area contributed by atoms with E-state index in [4.69, 9.17) is 5.11 Å². The van der Waals surface area contributed by atoms with Crippen molar-refractivity contribution in [1.29, 1.82) is 0 Å². The molecule has 0 aliphatic carbocycles. The Morgan fingerprint density at radius 3 is 2.39 bits per heavy atom. The monoisotopic (exact) mass is 401 g/mol. The summed E-state index contributed by atoms with van der Waals surface area (Å²) >= 11 is 0. The number of hydrogen-bond acceptors (Lipinski definition) is 7. The SMILES string of the molecule is Cc1ccc(N=Nc2c(NCCO)ccc3cc(S(=O)(=O)O)cc(O)c23)cc1. The van der Waals surface area contributed by atoms with Gasteiger partial charge >= 0.3 is 0 Å². The lowest BCUT2D eigenvalue weighted by Gasteiger charge is -2.12. The molecule has 3 aromatic rings. The number of nitrogens with zero attached hydrogens (tertiary/aromatic N) is 2. The molecule has 0 saturated carbocycles. The molecule has 0 fully saturated rings. The van der Waals surface area contributed by atoms with Gasteiger partial charge in [0, 0.05) is 12.6 Å². The molecule has 0 saturated heterocycles. The summed E-state index contributed by atoms with van der Waals surface area (Å²) < 4.78 is 32.1. The van der Waals surface area contributed by atoms with Gasteiger partial charge in [-0.1, -0.05) is 23.8 Å². The van der Waals surface area contributed by atoms with Crippen molar-refractivity contribution in [3.05, 3.63) is 54.1 Å². The first kappa shape index (κ1) is 19.7. The number of azo groups is 1. The van der Waals surface area contributed by atoms with Gasteiger partial charge < -0.3 is 15.5 Å². The van der Waals surface area contributed by atoms with Gasteiger partial charge in [0.25, 0.3) is 10.1 Å². The zero-order valence-electron chi connectivity index (χ0n) is 15.0. The maximum atomic E-state index is 11.4. The number of fused-ring (bicyclic) bond motifs is 1. The standard InChI is InChI=1S/C19H19N3O5S/c1-12-2-5-14(6-3-12)21-22-19-16(20-8-9-23)7-4-13-10-15(28(25,26)27)11-17(24)18(13)19/h2-7,10-11,20,23-24H,8-9H2,1H3,(H,25,26,27). The lowest BCUT2D eigenvalue weighted by Crippen LogP contribution is -2.05. The minimum absolute atomic E-state index is 0.111. The molecular formula is C19H19N3O5S. The zero-order chi connectivity index (χ0) is 20.3. The largest absolute Gasteiger partial charge is 0.507 e. The van der Waals surface area contributed by atoms with Crippen molar-refractivity contribution in [3.8, 4) is 5.75 Å². The van der Waals surface area contributed by atoms with Crippen LogP contribution < -0.4 is 5.32 Å². The second kappa shape index (κ2) is 7.93. The average Bonchev–Trinajstić information content (AvgIpc) is 2.65. The molecule has 146 valence electrons. The first-order valence-corrected chi connectivity index (χ1v) is 9.84. The lowest BCUT2D eigenvalue weighted by atomic mass is 10.1. The summed E-state index contributed by atoms with van der Waals surface area (Å²) in [6.07, 6.45) is 0. The van der Waals surface area contributed by atoms with Gasteiger partial charge in [-0.2, -0.15) is 13.5 Å². The molecule has 0 unspecified atom stereocenters. The van der Waals surface area contributed by atoms with E-state index in [9.17, 15) is 18.1 Å². The van der Waals surface area contributed by atoms with Crippen LogP contribution >= 0.6 is 0 Å². The maximum absolute atomic E-state index is 11.4. The fourth-order valence-corrected chi connectivity index (χ4v) is 3.24. The number of phenolic OH excluding ortho intramolecular Hbond substituents is 1. The Kier molecular flexibility index (Phi) is 5.59. The van der Waals surface area contributed by atoms with Crippen molar-refractivity contribution in [2.75, 3.05) is 18.5 Å². The van der Waals surface area contributed by atoms with E-state index < -0.39 is 15.0 Å².